The maximum atomic E-state index is 13.1. The number of Topliss-reactive ketones (excluding diaryl/α,β-unsaturated/α-hetero) is 1. The number of aromatic nitrogens is 2. The van der Waals surface area contributed by atoms with Crippen molar-refractivity contribution in [3.05, 3.63) is 53.9 Å². The van der Waals surface area contributed by atoms with Gasteiger partial charge in [-0.05, 0) is 36.4 Å². The predicted molar refractivity (Wildman–Crippen MR) is 89.6 cm³/mol. The van der Waals surface area contributed by atoms with Gasteiger partial charge < -0.3 is 14.6 Å². The lowest BCUT2D eigenvalue weighted by atomic mass is 10.1. The third-order valence-electron chi connectivity index (χ3n) is 3.40. The number of carbonyl (C=O) groups excluding carboxylic acids is 1. The summed E-state index contributed by atoms with van der Waals surface area (Å²) in [5.74, 6) is -1.46. The second kappa shape index (κ2) is 7.31. The number of alkyl halides is 3. The van der Waals surface area contributed by atoms with E-state index in [9.17, 15) is 28.2 Å². The maximum Gasteiger partial charge on any atom is 0.433 e. The largest absolute Gasteiger partial charge is 0.504 e. The topological polar surface area (TPSA) is 96.5 Å². The van der Waals surface area contributed by atoms with Crippen LogP contribution in [0.5, 0.6) is 11.5 Å². The van der Waals surface area contributed by atoms with Gasteiger partial charge in [0.2, 0.25) is 0 Å². The van der Waals surface area contributed by atoms with E-state index in [1.807, 2.05) is 0 Å². The van der Waals surface area contributed by atoms with Crippen molar-refractivity contribution in [2.75, 3.05) is 5.75 Å². The molecule has 3 rings (SSSR count). The lowest BCUT2D eigenvalue weighted by Gasteiger charge is -2.09. The van der Waals surface area contributed by atoms with Crippen LogP contribution in [0.25, 0.3) is 11.5 Å². The number of phenols is 2. The first-order chi connectivity index (χ1) is 12.7. The van der Waals surface area contributed by atoms with E-state index in [1.54, 1.807) is 0 Å². The van der Waals surface area contributed by atoms with Crippen molar-refractivity contribution >= 4 is 17.5 Å². The van der Waals surface area contributed by atoms with E-state index in [4.69, 9.17) is 4.42 Å². The van der Waals surface area contributed by atoms with Gasteiger partial charge in [-0.2, -0.15) is 13.2 Å². The Kier molecular flexibility index (Phi) is 5.08. The zero-order valence-electron chi connectivity index (χ0n) is 13.4. The first-order valence-corrected chi connectivity index (χ1v) is 8.41. The molecule has 10 heteroatoms. The summed E-state index contributed by atoms with van der Waals surface area (Å²) in [6, 6.07) is 7.24. The van der Waals surface area contributed by atoms with Crippen LogP contribution < -0.4 is 0 Å². The number of aromatic hydroxyl groups is 2. The van der Waals surface area contributed by atoms with E-state index in [0.29, 0.717) is 0 Å². The Labute approximate surface area is 154 Å². The Balaban J connectivity index is 1.84. The second-order valence-corrected chi connectivity index (χ2v) is 6.25. The van der Waals surface area contributed by atoms with Crippen molar-refractivity contribution < 1.29 is 32.6 Å². The average Bonchev–Trinajstić information content (AvgIpc) is 3.16. The molecule has 2 aromatic heterocycles. The molecule has 0 atom stereocenters. The van der Waals surface area contributed by atoms with Gasteiger partial charge in [-0.25, -0.2) is 9.97 Å². The van der Waals surface area contributed by atoms with Gasteiger partial charge in [-0.15, -0.1) is 0 Å². The summed E-state index contributed by atoms with van der Waals surface area (Å²) in [5.41, 5.74) is -1.11. The highest BCUT2D eigenvalue weighted by atomic mass is 32.2. The van der Waals surface area contributed by atoms with E-state index >= 15 is 0 Å². The van der Waals surface area contributed by atoms with E-state index < -0.39 is 23.4 Å². The van der Waals surface area contributed by atoms with E-state index in [-0.39, 0.29) is 33.7 Å². The molecule has 0 spiro atoms. The van der Waals surface area contributed by atoms with Gasteiger partial charge in [-0.1, -0.05) is 11.8 Å². The molecule has 0 amide bonds. The molecule has 140 valence electrons. The Hall–Kier alpha value is -3.01. The third-order valence-corrected chi connectivity index (χ3v) is 4.25. The quantitative estimate of drug-likeness (QED) is 0.290. The second-order valence-electron chi connectivity index (χ2n) is 5.31. The molecule has 1 aromatic carbocycles. The highest BCUT2D eigenvalue weighted by molar-refractivity contribution is 7.99. The molecule has 0 saturated heterocycles. The summed E-state index contributed by atoms with van der Waals surface area (Å²) in [5, 5.41) is 18.4. The summed E-state index contributed by atoms with van der Waals surface area (Å²) >= 11 is 0.718. The van der Waals surface area contributed by atoms with Crippen LogP contribution in [-0.2, 0) is 6.18 Å². The molecule has 6 nitrogen and oxygen atoms in total. The number of ketones is 1. The Morgan fingerprint density at radius 1 is 1.11 bits per heavy atom. The number of thioether (sulfide) groups is 1. The smallest absolute Gasteiger partial charge is 0.433 e. The molecule has 2 N–H and O–H groups in total. The van der Waals surface area contributed by atoms with Crippen molar-refractivity contribution in [2.45, 2.75) is 11.3 Å². The van der Waals surface area contributed by atoms with Gasteiger partial charge in [0.15, 0.2) is 28.2 Å². The molecule has 0 saturated carbocycles. The number of benzene rings is 1. The Morgan fingerprint density at radius 2 is 1.89 bits per heavy atom. The first-order valence-electron chi connectivity index (χ1n) is 7.42. The van der Waals surface area contributed by atoms with Crippen LogP contribution >= 0.6 is 11.8 Å². The molecule has 0 aliphatic heterocycles. The van der Waals surface area contributed by atoms with Crippen LogP contribution in [0.2, 0.25) is 0 Å². The van der Waals surface area contributed by atoms with Crippen LogP contribution in [-0.4, -0.2) is 31.7 Å². The molecule has 0 unspecified atom stereocenters. The monoisotopic (exact) mass is 396 g/mol. The minimum atomic E-state index is -4.69. The molecular weight excluding hydrogens is 385 g/mol. The summed E-state index contributed by atoms with van der Waals surface area (Å²) in [6.45, 7) is 0. The van der Waals surface area contributed by atoms with Gasteiger partial charge in [-0.3, -0.25) is 4.79 Å². The lowest BCUT2D eigenvalue weighted by molar-refractivity contribution is -0.141. The van der Waals surface area contributed by atoms with Gasteiger partial charge in [0.05, 0.1) is 12.0 Å². The number of furan rings is 1. The van der Waals surface area contributed by atoms with Crippen molar-refractivity contribution in [3.63, 3.8) is 0 Å². The molecular formula is C17H11F3N2O4S. The number of hydrogen-bond acceptors (Lipinski definition) is 7. The molecule has 0 aliphatic rings. The van der Waals surface area contributed by atoms with Crippen molar-refractivity contribution in [2.24, 2.45) is 0 Å². The number of rotatable bonds is 5. The SMILES string of the molecule is O=C(CSc1nc(-c2ccco2)cc(C(F)(F)F)n1)c1ccc(O)c(O)c1. The van der Waals surface area contributed by atoms with Gasteiger partial charge in [0.25, 0.3) is 0 Å². The minimum Gasteiger partial charge on any atom is -0.504 e. The number of carbonyl (C=O) groups is 1. The number of hydrogen-bond donors (Lipinski definition) is 2. The molecule has 2 heterocycles. The summed E-state index contributed by atoms with van der Waals surface area (Å²) in [7, 11) is 0. The fraction of sp³-hybridized carbons (Fsp3) is 0.118. The van der Waals surface area contributed by atoms with Crippen molar-refractivity contribution in [1.29, 1.82) is 0 Å². The molecule has 0 aliphatic carbocycles. The van der Waals surface area contributed by atoms with Crippen LogP contribution in [0.4, 0.5) is 13.2 Å². The summed E-state index contributed by atoms with van der Waals surface area (Å²) < 4.78 is 44.3. The minimum absolute atomic E-state index is 0.0560. The molecule has 0 radical (unpaired) electrons. The normalized spacial score (nSPS) is 11.5. The van der Waals surface area contributed by atoms with Crippen LogP contribution in [0.1, 0.15) is 16.1 Å². The molecule has 3 aromatic rings. The third kappa shape index (κ3) is 4.40. The lowest BCUT2D eigenvalue weighted by Crippen LogP contribution is -2.11. The van der Waals surface area contributed by atoms with E-state index in [0.717, 1.165) is 30.0 Å². The Morgan fingerprint density at radius 3 is 2.52 bits per heavy atom. The summed E-state index contributed by atoms with van der Waals surface area (Å²) in [6.07, 6.45) is -3.38. The van der Waals surface area contributed by atoms with Crippen LogP contribution in [0.15, 0.2) is 52.2 Å². The first kappa shape index (κ1) is 18.8. The van der Waals surface area contributed by atoms with Gasteiger partial charge >= 0.3 is 6.18 Å². The maximum absolute atomic E-state index is 13.1. The van der Waals surface area contributed by atoms with Crippen LogP contribution in [0, 0.1) is 0 Å². The van der Waals surface area contributed by atoms with Gasteiger partial charge in [0, 0.05) is 5.56 Å². The average molecular weight is 396 g/mol. The van der Waals surface area contributed by atoms with Crippen molar-refractivity contribution in [3.8, 4) is 23.0 Å². The zero-order valence-corrected chi connectivity index (χ0v) is 14.2. The predicted octanol–water partition coefficient (Wildman–Crippen LogP) is 4.14. The zero-order chi connectivity index (χ0) is 19.6. The van der Waals surface area contributed by atoms with Gasteiger partial charge in [0.1, 0.15) is 11.4 Å². The highest BCUT2D eigenvalue weighted by Gasteiger charge is 2.34. The molecule has 0 bridgehead atoms. The number of halogens is 3. The summed E-state index contributed by atoms with van der Waals surface area (Å²) in [4.78, 5) is 19.6. The van der Waals surface area contributed by atoms with Crippen LogP contribution in [0.3, 0.4) is 0 Å². The number of phenolic OH excluding ortho intramolecular Hbond substituents is 2. The fourth-order valence-electron chi connectivity index (χ4n) is 2.10. The van der Waals surface area contributed by atoms with E-state index in [2.05, 4.69) is 9.97 Å². The van der Waals surface area contributed by atoms with Crippen molar-refractivity contribution in [1.82, 2.24) is 9.97 Å². The highest BCUT2D eigenvalue weighted by Crippen LogP contribution is 2.32. The fourth-order valence-corrected chi connectivity index (χ4v) is 2.85. The standard InChI is InChI=1S/C17H11F3N2O4S/c18-17(19,20)15-7-10(14-2-1-5-26-14)21-16(22-15)27-8-13(25)9-3-4-11(23)12(24)6-9/h1-7,23-24H,8H2. The number of nitrogens with zero attached hydrogens (tertiary/aromatic N) is 2. The Bertz CT molecular complexity index is 975. The molecule has 27 heavy (non-hydrogen) atoms. The molecule has 0 fully saturated rings. The van der Waals surface area contributed by atoms with E-state index in [1.165, 1.54) is 24.5 Å².